The summed E-state index contributed by atoms with van der Waals surface area (Å²) in [5.74, 6) is 0.379. The third-order valence-electron chi connectivity index (χ3n) is 2.49. The summed E-state index contributed by atoms with van der Waals surface area (Å²) in [6.07, 6.45) is 2.14. The van der Waals surface area contributed by atoms with Gasteiger partial charge in [-0.3, -0.25) is 0 Å². The molecule has 1 aromatic carbocycles. The molecule has 0 aromatic heterocycles. The molecule has 0 aliphatic heterocycles. The largest absolute Gasteiger partial charge is 0.316 e. The summed E-state index contributed by atoms with van der Waals surface area (Å²) in [6, 6.07) is 5.24. The summed E-state index contributed by atoms with van der Waals surface area (Å²) in [7, 11) is 0. The summed E-state index contributed by atoms with van der Waals surface area (Å²) in [4.78, 5) is 0. The third-order valence-corrected chi connectivity index (χ3v) is 3.10. The first-order chi connectivity index (χ1) is 7.63. The topological polar surface area (TPSA) is 12.0 Å². The number of rotatable bonds is 6. The minimum Gasteiger partial charge on any atom is -0.316 e. The average molecular weight is 288 g/mol. The molecule has 0 aliphatic carbocycles. The molecule has 1 unspecified atom stereocenters. The molecule has 0 spiro atoms. The zero-order valence-corrected chi connectivity index (χ0v) is 11.5. The van der Waals surface area contributed by atoms with Crippen LogP contribution in [0.1, 0.15) is 25.8 Å². The molecule has 0 saturated heterocycles. The number of benzene rings is 1. The van der Waals surface area contributed by atoms with E-state index in [4.69, 9.17) is 0 Å². The molecule has 1 aromatic rings. The molecule has 0 radical (unpaired) electrons. The van der Waals surface area contributed by atoms with Crippen molar-refractivity contribution in [3.05, 3.63) is 34.1 Å². The van der Waals surface area contributed by atoms with Crippen LogP contribution in [0.2, 0.25) is 0 Å². The van der Waals surface area contributed by atoms with Gasteiger partial charge in [-0.1, -0.05) is 19.9 Å². The molecule has 1 rings (SSSR count). The molecule has 16 heavy (non-hydrogen) atoms. The first-order valence-corrected chi connectivity index (χ1v) is 6.57. The van der Waals surface area contributed by atoms with Crippen LogP contribution in [-0.4, -0.2) is 13.1 Å². The van der Waals surface area contributed by atoms with E-state index in [0.29, 0.717) is 10.4 Å². The Morgan fingerprint density at radius 3 is 2.81 bits per heavy atom. The minimum absolute atomic E-state index is 0.194. The molecule has 0 fully saturated rings. The lowest BCUT2D eigenvalue weighted by molar-refractivity contribution is 0.510. The lowest BCUT2D eigenvalue weighted by atomic mass is 10.0. The Bertz CT molecular complexity index is 328. The zero-order chi connectivity index (χ0) is 12.0. The van der Waals surface area contributed by atoms with Crippen LogP contribution < -0.4 is 5.32 Å². The summed E-state index contributed by atoms with van der Waals surface area (Å²) in [5, 5.41) is 3.40. The highest BCUT2D eigenvalue weighted by Gasteiger charge is 2.05. The summed E-state index contributed by atoms with van der Waals surface area (Å²) >= 11 is 3.21. The van der Waals surface area contributed by atoms with Crippen molar-refractivity contribution in [2.75, 3.05) is 13.1 Å². The molecule has 1 N–H and O–H groups in total. The van der Waals surface area contributed by atoms with Crippen molar-refractivity contribution < 1.29 is 4.39 Å². The fourth-order valence-corrected chi connectivity index (χ4v) is 2.09. The maximum atomic E-state index is 13.0. The predicted molar refractivity (Wildman–Crippen MR) is 70.1 cm³/mol. The van der Waals surface area contributed by atoms with Gasteiger partial charge in [-0.25, -0.2) is 4.39 Å². The summed E-state index contributed by atoms with van der Waals surface area (Å²) in [5.41, 5.74) is 1.18. The van der Waals surface area contributed by atoms with E-state index < -0.39 is 0 Å². The SMILES string of the molecule is CCCNCC(C)Cc1ccc(F)c(Br)c1. The maximum absolute atomic E-state index is 13.0. The molecular weight excluding hydrogens is 269 g/mol. The first kappa shape index (κ1) is 13.7. The quantitative estimate of drug-likeness (QED) is 0.786. The third kappa shape index (κ3) is 4.62. The van der Waals surface area contributed by atoms with Gasteiger partial charge in [-0.15, -0.1) is 0 Å². The average Bonchev–Trinajstić information content (AvgIpc) is 2.24. The van der Waals surface area contributed by atoms with E-state index in [1.165, 1.54) is 11.6 Å². The molecule has 0 saturated carbocycles. The molecule has 0 amide bonds. The van der Waals surface area contributed by atoms with Gasteiger partial charge >= 0.3 is 0 Å². The van der Waals surface area contributed by atoms with E-state index in [9.17, 15) is 4.39 Å². The van der Waals surface area contributed by atoms with Crippen molar-refractivity contribution in [2.45, 2.75) is 26.7 Å². The van der Waals surface area contributed by atoms with Gasteiger partial charge in [0.05, 0.1) is 4.47 Å². The predicted octanol–water partition coefficient (Wildman–Crippen LogP) is 3.77. The fourth-order valence-electron chi connectivity index (χ4n) is 1.67. The van der Waals surface area contributed by atoms with E-state index in [2.05, 4.69) is 35.1 Å². The number of nitrogens with one attached hydrogen (secondary N) is 1. The zero-order valence-electron chi connectivity index (χ0n) is 9.89. The Morgan fingerprint density at radius 1 is 1.44 bits per heavy atom. The Labute approximate surface area is 106 Å². The molecular formula is C13H19BrFN. The molecule has 3 heteroatoms. The van der Waals surface area contributed by atoms with Crippen molar-refractivity contribution in [2.24, 2.45) is 5.92 Å². The van der Waals surface area contributed by atoms with E-state index in [0.717, 1.165) is 25.9 Å². The van der Waals surface area contributed by atoms with Gasteiger partial charge < -0.3 is 5.32 Å². The van der Waals surface area contributed by atoms with Gasteiger partial charge in [-0.05, 0) is 65.5 Å². The number of hydrogen-bond donors (Lipinski definition) is 1. The fraction of sp³-hybridized carbons (Fsp3) is 0.538. The molecule has 90 valence electrons. The van der Waals surface area contributed by atoms with Crippen LogP contribution in [-0.2, 0) is 6.42 Å². The van der Waals surface area contributed by atoms with Crippen molar-refractivity contribution in [1.29, 1.82) is 0 Å². The highest BCUT2D eigenvalue weighted by Crippen LogP contribution is 2.18. The van der Waals surface area contributed by atoms with E-state index >= 15 is 0 Å². The lowest BCUT2D eigenvalue weighted by Gasteiger charge is -2.12. The van der Waals surface area contributed by atoms with Crippen LogP contribution in [0.25, 0.3) is 0 Å². The Balaban J connectivity index is 2.43. The van der Waals surface area contributed by atoms with E-state index in [1.807, 2.05) is 12.1 Å². The van der Waals surface area contributed by atoms with Gasteiger partial charge in [0.25, 0.3) is 0 Å². The summed E-state index contributed by atoms with van der Waals surface area (Å²) in [6.45, 7) is 6.45. The normalized spacial score (nSPS) is 12.8. The monoisotopic (exact) mass is 287 g/mol. The van der Waals surface area contributed by atoms with Gasteiger partial charge in [-0.2, -0.15) is 0 Å². The van der Waals surface area contributed by atoms with E-state index in [-0.39, 0.29) is 5.82 Å². The first-order valence-electron chi connectivity index (χ1n) is 5.78. The Kier molecular flexibility index (Phi) is 5.99. The van der Waals surface area contributed by atoms with Crippen LogP contribution in [0, 0.1) is 11.7 Å². The second kappa shape index (κ2) is 7.02. The van der Waals surface area contributed by atoms with Crippen molar-refractivity contribution in [3.8, 4) is 0 Å². The Morgan fingerprint density at radius 2 is 2.19 bits per heavy atom. The molecule has 0 heterocycles. The lowest BCUT2D eigenvalue weighted by Crippen LogP contribution is -2.23. The highest BCUT2D eigenvalue weighted by atomic mass is 79.9. The second-order valence-corrected chi connectivity index (χ2v) is 5.12. The number of halogens is 2. The smallest absolute Gasteiger partial charge is 0.137 e. The molecule has 1 atom stereocenters. The standard InChI is InChI=1S/C13H19BrFN/c1-3-6-16-9-10(2)7-11-4-5-13(15)12(14)8-11/h4-5,8,10,16H,3,6-7,9H2,1-2H3. The van der Waals surface area contributed by atoms with Gasteiger partial charge in [0.1, 0.15) is 5.82 Å². The van der Waals surface area contributed by atoms with Crippen LogP contribution in [0.15, 0.2) is 22.7 Å². The van der Waals surface area contributed by atoms with Gasteiger partial charge in [0.15, 0.2) is 0 Å². The molecule has 0 bridgehead atoms. The molecule has 0 aliphatic rings. The van der Waals surface area contributed by atoms with Crippen LogP contribution in [0.4, 0.5) is 4.39 Å². The van der Waals surface area contributed by atoms with Crippen LogP contribution in [0.5, 0.6) is 0 Å². The van der Waals surface area contributed by atoms with Crippen molar-refractivity contribution in [3.63, 3.8) is 0 Å². The Hall–Kier alpha value is -0.410. The van der Waals surface area contributed by atoms with Crippen molar-refractivity contribution >= 4 is 15.9 Å². The van der Waals surface area contributed by atoms with Gasteiger partial charge in [0.2, 0.25) is 0 Å². The number of hydrogen-bond acceptors (Lipinski definition) is 1. The van der Waals surface area contributed by atoms with E-state index in [1.54, 1.807) is 0 Å². The summed E-state index contributed by atoms with van der Waals surface area (Å²) < 4.78 is 13.6. The molecule has 1 nitrogen and oxygen atoms in total. The van der Waals surface area contributed by atoms with Crippen LogP contribution >= 0.6 is 15.9 Å². The second-order valence-electron chi connectivity index (χ2n) is 4.26. The minimum atomic E-state index is -0.194. The van der Waals surface area contributed by atoms with Gasteiger partial charge in [0, 0.05) is 0 Å². The van der Waals surface area contributed by atoms with Crippen LogP contribution in [0.3, 0.4) is 0 Å². The highest BCUT2D eigenvalue weighted by molar-refractivity contribution is 9.10. The maximum Gasteiger partial charge on any atom is 0.137 e. The van der Waals surface area contributed by atoms with Crippen molar-refractivity contribution in [1.82, 2.24) is 5.32 Å².